The van der Waals surface area contributed by atoms with Crippen molar-refractivity contribution >= 4 is 23.1 Å². The van der Waals surface area contributed by atoms with Gasteiger partial charge >= 0.3 is 0 Å². The van der Waals surface area contributed by atoms with Gasteiger partial charge in [-0.25, -0.2) is 0 Å². The quantitative estimate of drug-likeness (QED) is 0.673. The number of carbonyl (C=O) groups is 1. The predicted octanol–water partition coefficient (Wildman–Crippen LogP) is 5.28. The number of benzene rings is 2. The number of rotatable bonds is 4. The van der Waals surface area contributed by atoms with Crippen LogP contribution in [0.15, 0.2) is 59.1 Å². The molecule has 0 fully saturated rings. The summed E-state index contributed by atoms with van der Waals surface area (Å²) in [4.78, 5) is 12.4. The maximum atomic E-state index is 12.4. The zero-order valence-corrected chi connectivity index (χ0v) is 15.5. The zero-order chi connectivity index (χ0) is 18.7. The minimum atomic E-state index is -0.127. The normalized spacial score (nSPS) is 11.2. The van der Waals surface area contributed by atoms with E-state index in [0.29, 0.717) is 11.4 Å². The zero-order valence-electron chi connectivity index (χ0n) is 15.5. The molecule has 5 nitrogen and oxygen atoms in total. The first-order chi connectivity index (χ1) is 12.3. The third-order valence-electron chi connectivity index (χ3n) is 4.06. The van der Waals surface area contributed by atoms with E-state index >= 15 is 0 Å². The van der Waals surface area contributed by atoms with Crippen LogP contribution in [0.25, 0.3) is 0 Å². The van der Waals surface area contributed by atoms with Crippen LogP contribution >= 0.6 is 0 Å². The Bertz CT molecular complexity index is 888. The van der Waals surface area contributed by atoms with Gasteiger partial charge in [0.1, 0.15) is 5.76 Å². The van der Waals surface area contributed by atoms with Gasteiger partial charge in [0.05, 0.1) is 0 Å². The molecular weight excluding hydrogens is 326 g/mol. The maximum Gasteiger partial charge on any atom is 0.255 e. The molecule has 0 aliphatic heterocycles. The van der Waals surface area contributed by atoms with Crippen molar-refractivity contribution in [3.63, 3.8) is 0 Å². The summed E-state index contributed by atoms with van der Waals surface area (Å²) in [5, 5.41) is 9.94. The maximum absolute atomic E-state index is 12.4. The number of amides is 1. The SMILES string of the molecule is Cc1cc(Nc2ccc(NC(=O)c3ccc(C(C)(C)C)cc3)cc2)no1. The van der Waals surface area contributed by atoms with E-state index in [0.717, 1.165) is 17.1 Å². The van der Waals surface area contributed by atoms with Crippen LogP contribution in [-0.2, 0) is 5.41 Å². The summed E-state index contributed by atoms with van der Waals surface area (Å²) in [7, 11) is 0. The molecule has 0 saturated heterocycles. The van der Waals surface area contributed by atoms with Crippen molar-refractivity contribution in [3.05, 3.63) is 71.5 Å². The highest BCUT2D eigenvalue weighted by Crippen LogP contribution is 2.23. The van der Waals surface area contributed by atoms with Gasteiger partial charge in [-0.15, -0.1) is 0 Å². The molecule has 1 aromatic heterocycles. The number of anilines is 3. The summed E-state index contributed by atoms with van der Waals surface area (Å²) < 4.78 is 5.02. The smallest absolute Gasteiger partial charge is 0.255 e. The van der Waals surface area contributed by atoms with Crippen molar-refractivity contribution in [1.29, 1.82) is 0 Å². The molecule has 0 radical (unpaired) electrons. The van der Waals surface area contributed by atoms with Gasteiger partial charge in [0.15, 0.2) is 5.82 Å². The number of carbonyl (C=O) groups excluding carboxylic acids is 1. The highest BCUT2D eigenvalue weighted by atomic mass is 16.5. The van der Waals surface area contributed by atoms with Crippen LogP contribution in [0, 0.1) is 6.92 Å². The standard InChI is InChI=1S/C21H23N3O2/c1-14-13-19(24-26-14)22-17-9-11-18(12-10-17)23-20(25)15-5-7-16(8-6-15)21(2,3)4/h5-13H,1-4H3,(H,22,24)(H,23,25). The van der Waals surface area contributed by atoms with Gasteiger partial charge in [-0.3, -0.25) is 4.79 Å². The van der Waals surface area contributed by atoms with Crippen molar-refractivity contribution in [2.75, 3.05) is 10.6 Å². The first-order valence-corrected chi connectivity index (χ1v) is 8.53. The van der Waals surface area contributed by atoms with Crippen LogP contribution < -0.4 is 10.6 Å². The van der Waals surface area contributed by atoms with Crippen LogP contribution in [0.2, 0.25) is 0 Å². The number of hydrogen-bond acceptors (Lipinski definition) is 4. The van der Waals surface area contributed by atoms with Crippen molar-refractivity contribution in [2.45, 2.75) is 33.1 Å². The molecule has 0 bridgehead atoms. The van der Waals surface area contributed by atoms with Crippen molar-refractivity contribution in [3.8, 4) is 0 Å². The first-order valence-electron chi connectivity index (χ1n) is 8.53. The fourth-order valence-corrected chi connectivity index (χ4v) is 2.53. The second-order valence-electron chi connectivity index (χ2n) is 7.31. The van der Waals surface area contributed by atoms with Gasteiger partial charge in [0.25, 0.3) is 5.91 Å². The van der Waals surface area contributed by atoms with Crippen LogP contribution in [-0.4, -0.2) is 11.1 Å². The van der Waals surface area contributed by atoms with E-state index in [1.807, 2.05) is 61.5 Å². The minimum Gasteiger partial charge on any atom is -0.360 e. The van der Waals surface area contributed by atoms with Gasteiger partial charge in [0.2, 0.25) is 0 Å². The summed E-state index contributed by atoms with van der Waals surface area (Å²) in [6, 6.07) is 17.0. The molecule has 0 aliphatic rings. The predicted molar refractivity (Wildman–Crippen MR) is 104 cm³/mol. The molecule has 0 saturated carbocycles. The van der Waals surface area contributed by atoms with Gasteiger partial charge in [-0.2, -0.15) is 0 Å². The fraction of sp³-hybridized carbons (Fsp3) is 0.238. The van der Waals surface area contributed by atoms with E-state index < -0.39 is 0 Å². The van der Waals surface area contributed by atoms with E-state index in [4.69, 9.17) is 4.52 Å². The van der Waals surface area contributed by atoms with Crippen molar-refractivity contribution in [1.82, 2.24) is 5.16 Å². The lowest BCUT2D eigenvalue weighted by Crippen LogP contribution is -2.14. The Morgan fingerprint density at radius 2 is 1.58 bits per heavy atom. The summed E-state index contributed by atoms with van der Waals surface area (Å²) in [6.45, 7) is 8.29. The van der Waals surface area contributed by atoms with E-state index in [1.165, 1.54) is 5.56 Å². The highest BCUT2D eigenvalue weighted by Gasteiger charge is 2.14. The Morgan fingerprint density at radius 3 is 2.12 bits per heavy atom. The lowest BCUT2D eigenvalue weighted by Gasteiger charge is -2.19. The molecule has 0 aliphatic carbocycles. The second-order valence-corrected chi connectivity index (χ2v) is 7.31. The van der Waals surface area contributed by atoms with E-state index in [2.05, 4.69) is 36.6 Å². The second kappa shape index (κ2) is 7.04. The average Bonchev–Trinajstić information content (AvgIpc) is 3.01. The van der Waals surface area contributed by atoms with Crippen molar-refractivity contribution < 1.29 is 9.32 Å². The Hall–Kier alpha value is -3.08. The first kappa shape index (κ1) is 17.7. The summed E-state index contributed by atoms with van der Waals surface area (Å²) in [5.74, 6) is 1.27. The molecule has 26 heavy (non-hydrogen) atoms. The Balaban J connectivity index is 1.64. The molecule has 0 unspecified atom stereocenters. The molecule has 0 spiro atoms. The molecule has 0 atom stereocenters. The Kier molecular flexibility index (Phi) is 4.80. The average molecular weight is 349 g/mol. The van der Waals surface area contributed by atoms with Crippen LogP contribution in [0.4, 0.5) is 17.2 Å². The summed E-state index contributed by atoms with van der Waals surface area (Å²) in [5.41, 5.74) is 3.51. The van der Waals surface area contributed by atoms with Gasteiger partial charge in [0, 0.05) is 23.0 Å². The lowest BCUT2D eigenvalue weighted by atomic mass is 9.87. The van der Waals surface area contributed by atoms with Gasteiger partial charge < -0.3 is 15.2 Å². The number of nitrogens with zero attached hydrogens (tertiary/aromatic N) is 1. The largest absolute Gasteiger partial charge is 0.360 e. The van der Waals surface area contributed by atoms with Crippen LogP contribution in [0.1, 0.15) is 42.5 Å². The number of nitrogens with one attached hydrogen (secondary N) is 2. The molecule has 2 N–H and O–H groups in total. The fourth-order valence-electron chi connectivity index (χ4n) is 2.53. The van der Waals surface area contributed by atoms with Gasteiger partial charge in [-0.05, 0) is 54.3 Å². The molecule has 5 heteroatoms. The summed E-state index contributed by atoms with van der Waals surface area (Å²) >= 11 is 0. The molecular formula is C21H23N3O2. The van der Waals surface area contributed by atoms with Crippen LogP contribution in [0.5, 0.6) is 0 Å². The molecule has 1 amide bonds. The lowest BCUT2D eigenvalue weighted by molar-refractivity contribution is 0.102. The van der Waals surface area contributed by atoms with E-state index in [9.17, 15) is 4.79 Å². The monoisotopic (exact) mass is 349 g/mol. The summed E-state index contributed by atoms with van der Waals surface area (Å²) in [6.07, 6.45) is 0. The Morgan fingerprint density at radius 1 is 0.962 bits per heavy atom. The number of aryl methyl sites for hydroxylation is 1. The molecule has 134 valence electrons. The Labute approximate surface area is 153 Å². The molecule has 1 heterocycles. The number of hydrogen-bond donors (Lipinski definition) is 2. The van der Waals surface area contributed by atoms with E-state index in [1.54, 1.807) is 0 Å². The van der Waals surface area contributed by atoms with Crippen molar-refractivity contribution in [2.24, 2.45) is 0 Å². The van der Waals surface area contributed by atoms with E-state index in [-0.39, 0.29) is 11.3 Å². The molecule has 2 aromatic carbocycles. The molecule has 3 aromatic rings. The van der Waals surface area contributed by atoms with Gasteiger partial charge in [-0.1, -0.05) is 38.1 Å². The highest BCUT2D eigenvalue weighted by molar-refractivity contribution is 6.04. The minimum absolute atomic E-state index is 0.0697. The van der Waals surface area contributed by atoms with Crippen LogP contribution in [0.3, 0.4) is 0 Å². The topological polar surface area (TPSA) is 67.2 Å². The molecule has 3 rings (SSSR count). The number of aromatic nitrogens is 1. The third-order valence-corrected chi connectivity index (χ3v) is 4.06. The third kappa shape index (κ3) is 4.30.